The Kier molecular flexibility index (Phi) is 5.82. The first-order valence-corrected chi connectivity index (χ1v) is 12.2. The standard InChI is InChI=1S/C23H29N7OS/c1-17-7-9-28(10-8-17)21-5-6-22(25-24-21)29-11-13-30(14-12-29)23(31)19-16-18(26-27(19)2)20-4-3-15-32-20/h3-6,15-17H,7-14H2,1-2H3. The van der Waals surface area contributed by atoms with Crippen LogP contribution in [0.3, 0.4) is 0 Å². The summed E-state index contributed by atoms with van der Waals surface area (Å²) < 4.78 is 1.69. The van der Waals surface area contributed by atoms with Crippen LogP contribution in [0.15, 0.2) is 35.7 Å². The third-order valence-electron chi connectivity index (χ3n) is 6.51. The summed E-state index contributed by atoms with van der Waals surface area (Å²) in [6, 6.07) is 10.1. The third-order valence-corrected chi connectivity index (χ3v) is 7.40. The molecule has 2 aliphatic heterocycles. The fourth-order valence-corrected chi connectivity index (χ4v) is 5.09. The van der Waals surface area contributed by atoms with E-state index in [-0.39, 0.29) is 5.91 Å². The zero-order chi connectivity index (χ0) is 22.1. The molecular formula is C23H29N7OS. The molecule has 0 bridgehead atoms. The van der Waals surface area contributed by atoms with Crippen LogP contribution in [0.4, 0.5) is 11.6 Å². The summed E-state index contributed by atoms with van der Waals surface area (Å²) in [6.07, 6.45) is 2.43. The molecule has 0 radical (unpaired) electrons. The molecule has 0 aromatic carbocycles. The molecule has 2 fully saturated rings. The van der Waals surface area contributed by atoms with Gasteiger partial charge in [-0.15, -0.1) is 21.5 Å². The van der Waals surface area contributed by atoms with Gasteiger partial charge < -0.3 is 14.7 Å². The molecule has 5 rings (SSSR count). The van der Waals surface area contributed by atoms with Crippen molar-refractivity contribution in [2.24, 2.45) is 13.0 Å². The quantitative estimate of drug-likeness (QED) is 0.607. The molecule has 168 valence electrons. The average Bonchev–Trinajstić information content (AvgIpc) is 3.49. The highest BCUT2D eigenvalue weighted by Crippen LogP contribution is 2.25. The van der Waals surface area contributed by atoms with Gasteiger partial charge >= 0.3 is 0 Å². The van der Waals surface area contributed by atoms with Gasteiger partial charge in [-0.2, -0.15) is 5.10 Å². The number of aryl methyl sites for hydroxylation is 1. The predicted molar refractivity (Wildman–Crippen MR) is 127 cm³/mol. The van der Waals surface area contributed by atoms with Gasteiger partial charge in [0.1, 0.15) is 11.4 Å². The SMILES string of the molecule is CC1CCN(c2ccc(N3CCN(C(=O)c4cc(-c5cccs5)nn4C)CC3)nn2)CC1. The smallest absolute Gasteiger partial charge is 0.272 e. The van der Waals surface area contributed by atoms with E-state index in [4.69, 9.17) is 0 Å². The maximum Gasteiger partial charge on any atom is 0.272 e. The van der Waals surface area contributed by atoms with Crippen molar-refractivity contribution in [2.75, 3.05) is 49.1 Å². The summed E-state index contributed by atoms with van der Waals surface area (Å²) in [6.45, 7) is 7.23. The van der Waals surface area contributed by atoms with Crippen molar-refractivity contribution in [3.8, 4) is 10.6 Å². The molecular weight excluding hydrogens is 422 g/mol. The molecule has 3 aromatic heterocycles. The highest BCUT2D eigenvalue weighted by Gasteiger charge is 2.26. The van der Waals surface area contributed by atoms with Crippen LogP contribution in [0, 0.1) is 5.92 Å². The Balaban J connectivity index is 1.19. The summed E-state index contributed by atoms with van der Waals surface area (Å²) in [4.78, 5) is 20.6. The number of nitrogens with zero attached hydrogens (tertiary/aromatic N) is 7. The van der Waals surface area contributed by atoms with Crippen molar-refractivity contribution in [1.82, 2.24) is 24.9 Å². The molecule has 0 N–H and O–H groups in total. The van der Waals surface area contributed by atoms with E-state index in [1.54, 1.807) is 16.0 Å². The predicted octanol–water partition coefficient (Wildman–Crippen LogP) is 3.14. The lowest BCUT2D eigenvalue weighted by atomic mass is 9.99. The van der Waals surface area contributed by atoms with E-state index in [2.05, 4.69) is 44.2 Å². The van der Waals surface area contributed by atoms with Gasteiger partial charge in [0.15, 0.2) is 11.6 Å². The Morgan fingerprint density at radius 2 is 1.62 bits per heavy atom. The number of piperazine rings is 1. The molecule has 0 spiro atoms. The summed E-state index contributed by atoms with van der Waals surface area (Å²) >= 11 is 1.63. The molecule has 0 unspecified atom stereocenters. The van der Waals surface area contributed by atoms with Crippen LogP contribution < -0.4 is 9.80 Å². The van der Waals surface area contributed by atoms with Crippen LogP contribution in [0.25, 0.3) is 10.6 Å². The average molecular weight is 452 g/mol. The first kappa shape index (κ1) is 20.9. The Morgan fingerprint density at radius 1 is 0.969 bits per heavy atom. The number of aromatic nitrogens is 4. The van der Waals surface area contributed by atoms with Crippen molar-refractivity contribution >= 4 is 28.9 Å². The first-order chi connectivity index (χ1) is 15.6. The van der Waals surface area contributed by atoms with Gasteiger partial charge in [-0.1, -0.05) is 13.0 Å². The zero-order valence-corrected chi connectivity index (χ0v) is 19.5. The van der Waals surface area contributed by atoms with E-state index in [1.165, 1.54) is 12.8 Å². The molecule has 3 aromatic rings. The molecule has 2 saturated heterocycles. The Hall–Kier alpha value is -2.94. The van der Waals surface area contributed by atoms with E-state index in [0.717, 1.165) is 54.3 Å². The van der Waals surface area contributed by atoms with Crippen molar-refractivity contribution in [2.45, 2.75) is 19.8 Å². The second-order valence-electron chi connectivity index (χ2n) is 8.71. The van der Waals surface area contributed by atoms with Crippen molar-refractivity contribution in [3.05, 3.63) is 41.4 Å². The second-order valence-corrected chi connectivity index (χ2v) is 9.66. The van der Waals surface area contributed by atoms with Gasteiger partial charge in [0.2, 0.25) is 0 Å². The fraction of sp³-hybridized carbons (Fsp3) is 0.478. The fourth-order valence-electron chi connectivity index (χ4n) is 4.41. The highest BCUT2D eigenvalue weighted by atomic mass is 32.1. The molecule has 8 nitrogen and oxygen atoms in total. The number of carbonyl (C=O) groups is 1. The largest absolute Gasteiger partial charge is 0.355 e. The third kappa shape index (κ3) is 4.21. The number of rotatable bonds is 4. The number of piperidine rings is 1. The first-order valence-electron chi connectivity index (χ1n) is 11.3. The van der Waals surface area contributed by atoms with Crippen molar-refractivity contribution in [1.29, 1.82) is 0 Å². The number of hydrogen-bond donors (Lipinski definition) is 0. The maximum atomic E-state index is 13.1. The lowest BCUT2D eigenvalue weighted by molar-refractivity contribution is 0.0735. The van der Waals surface area contributed by atoms with Gasteiger partial charge in [0.05, 0.1) is 4.88 Å². The van der Waals surface area contributed by atoms with Crippen LogP contribution in [0.1, 0.15) is 30.3 Å². The summed E-state index contributed by atoms with van der Waals surface area (Å²) in [5, 5.41) is 15.5. The normalized spacial score (nSPS) is 17.8. The minimum Gasteiger partial charge on any atom is -0.355 e. The molecule has 0 aliphatic carbocycles. The molecule has 2 aliphatic rings. The van der Waals surface area contributed by atoms with Crippen LogP contribution in [0.2, 0.25) is 0 Å². The van der Waals surface area contributed by atoms with Gasteiger partial charge in [0, 0.05) is 46.3 Å². The highest BCUT2D eigenvalue weighted by molar-refractivity contribution is 7.13. The minimum absolute atomic E-state index is 0.0308. The number of anilines is 2. The van der Waals surface area contributed by atoms with Gasteiger partial charge in [0.25, 0.3) is 5.91 Å². The summed E-state index contributed by atoms with van der Waals surface area (Å²) in [7, 11) is 1.83. The Bertz CT molecular complexity index is 1050. The van der Waals surface area contributed by atoms with E-state index in [9.17, 15) is 4.79 Å². The van der Waals surface area contributed by atoms with Crippen LogP contribution in [0.5, 0.6) is 0 Å². The molecule has 32 heavy (non-hydrogen) atoms. The van der Waals surface area contributed by atoms with E-state index in [0.29, 0.717) is 18.8 Å². The number of hydrogen-bond acceptors (Lipinski definition) is 7. The van der Waals surface area contributed by atoms with Crippen molar-refractivity contribution in [3.63, 3.8) is 0 Å². The van der Waals surface area contributed by atoms with E-state index in [1.807, 2.05) is 35.5 Å². The van der Waals surface area contributed by atoms with Crippen LogP contribution >= 0.6 is 11.3 Å². The number of thiophene rings is 1. The second kappa shape index (κ2) is 8.90. The minimum atomic E-state index is 0.0308. The monoisotopic (exact) mass is 451 g/mol. The molecule has 0 saturated carbocycles. The van der Waals surface area contributed by atoms with Crippen LogP contribution in [-0.4, -0.2) is 70.1 Å². The van der Waals surface area contributed by atoms with Gasteiger partial charge in [-0.3, -0.25) is 9.48 Å². The number of amides is 1. The Labute approximate surface area is 192 Å². The van der Waals surface area contributed by atoms with Crippen molar-refractivity contribution < 1.29 is 4.79 Å². The summed E-state index contributed by atoms with van der Waals surface area (Å²) in [5.41, 5.74) is 1.48. The lowest BCUT2D eigenvalue weighted by Gasteiger charge is -2.35. The Morgan fingerprint density at radius 3 is 2.22 bits per heavy atom. The van der Waals surface area contributed by atoms with E-state index >= 15 is 0 Å². The lowest BCUT2D eigenvalue weighted by Crippen LogP contribution is -2.49. The van der Waals surface area contributed by atoms with Gasteiger partial charge in [-0.25, -0.2) is 0 Å². The molecule has 5 heterocycles. The molecule has 1 amide bonds. The summed E-state index contributed by atoms with van der Waals surface area (Å²) in [5.74, 6) is 2.67. The topological polar surface area (TPSA) is 70.4 Å². The van der Waals surface area contributed by atoms with Gasteiger partial charge in [-0.05, 0) is 48.4 Å². The molecule has 9 heteroatoms. The molecule has 0 atom stereocenters. The van der Waals surface area contributed by atoms with Crippen LogP contribution in [-0.2, 0) is 7.05 Å². The van der Waals surface area contributed by atoms with E-state index < -0.39 is 0 Å². The maximum absolute atomic E-state index is 13.1. The number of carbonyl (C=O) groups excluding carboxylic acids is 1. The zero-order valence-electron chi connectivity index (χ0n) is 18.6.